The van der Waals surface area contributed by atoms with Crippen LogP contribution in [-0.2, 0) is 6.42 Å². The van der Waals surface area contributed by atoms with Crippen LogP contribution in [0.1, 0.15) is 30.9 Å². The fourth-order valence-electron chi connectivity index (χ4n) is 2.83. The molecule has 0 nitrogen and oxygen atoms in total. The van der Waals surface area contributed by atoms with Crippen LogP contribution in [0.4, 0.5) is 0 Å². The molecule has 0 bridgehead atoms. The SMILES string of the molecule is CCCC1=Cc2c(Br)ccc(-c3ccccc3)c2C1. The fraction of sp³-hybridized carbons (Fsp3) is 0.222. The van der Waals surface area contributed by atoms with Crippen LogP contribution in [0.5, 0.6) is 0 Å². The third kappa shape index (κ3) is 2.40. The largest absolute Gasteiger partial charge is 0.0651 e. The Morgan fingerprint density at radius 3 is 2.58 bits per heavy atom. The van der Waals surface area contributed by atoms with Crippen molar-refractivity contribution < 1.29 is 0 Å². The maximum Gasteiger partial charge on any atom is 0.0251 e. The summed E-state index contributed by atoms with van der Waals surface area (Å²) in [6.45, 7) is 2.25. The first-order valence-electron chi connectivity index (χ1n) is 6.86. The predicted molar refractivity (Wildman–Crippen MR) is 86.2 cm³/mol. The van der Waals surface area contributed by atoms with Gasteiger partial charge in [-0.15, -0.1) is 0 Å². The van der Waals surface area contributed by atoms with Crippen molar-refractivity contribution >= 4 is 22.0 Å². The normalized spacial score (nSPS) is 13.3. The molecule has 0 aromatic heterocycles. The molecule has 0 unspecified atom stereocenters. The zero-order chi connectivity index (χ0) is 13.2. The minimum atomic E-state index is 1.10. The van der Waals surface area contributed by atoms with Gasteiger partial charge in [-0.2, -0.15) is 0 Å². The molecule has 0 amide bonds. The highest BCUT2D eigenvalue weighted by Crippen LogP contribution is 2.39. The van der Waals surface area contributed by atoms with E-state index in [0.717, 1.165) is 6.42 Å². The lowest BCUT2D eigenvalue weighted by Crippen LogP contribution is -1.91. The molecule has 0 saturated carbocycles. The third-order valence-electron chi connectivity index (χ3n) is 3.71. The van der Waals surface area contributed by atoms with Crippen LogP contribution in [0.25, 0.3) is 17.2 Å². The molecule has 0 fully saturated rings. The van der Waals surface area contributed by atoms with Gasteiger partial charge in [0.25, 0.3) is 0 Å². The Balaban J connectivity index is 2.08. The van der Waals surface area contributed by atoms with Crippen LogP contribution < -0.4 is 0 Å². The number of allylic oxidation sites excluding steroid dienone is 1. The summed E-state index contributed by atoms with van der Waals surface area (Å²) >= 11 is 3.69. The molecule has 3 rings (SSSR count). The lowest BCUT2D eigenvalue weighted by atomic mass is 9.95. The molecular weight excluding hydrogens is 296 g/mol. The average Bonchev–Trinajstić information content (AvgIpc) is 2.85. The minimum Gasteiger partial charge on any atom is -0.0651 e. The smallest absolute Gasteiger partial charge is 0.0251 e. The maximum atomic E-state index is 3.69. The van der Waals surface area contributed by atoms with Gasteiger partial charge in [0.15, 0.2) is 0 Å². The summed E-state index contributed by atoms with van der Waals surface area (Å²) in [5.74, 6) is 0. The first kappa shape index (κ1) is 12.7. The molecule has 2 aromatic rings. The van der Waals surface area contributed by atoms with E-state index < -0.39 is 0 Å². The van der Waals surface area contributed by atoms with Crippen molar-refractivity contribution in [2.24, 2.45) is 0 Å². The van der Waals surface area contributed by atoms with Gasteiger partial charge >= 0.3 is 0 Å². The number of benzene rings is 2. The molecule has 0 spiro atoms. The molecule has 0 atom stereocenters. The Bertz CT molecular complexity index is 624. The van der Waals surface area contributed by atoms with Gasteiger partial charge in [0.05, 0.1) is 0 Å². The van der Waals surface area contributed by atoms with Gasteiger partial charge in [-0.3, -0.25) is 0 Å². The highest BCUT2D eigenvalue weighted by Gasteiger charge is 2.18. The zero-order valence-corrected chi connectivity index (χ0v) is 12.7. The summed E-state index contributed by atoms with van der Waals surface area (Å²) in [4.78, 5) is 0. The summed E-state index contributed by atoms with van der Waals surface area (Å²) in [5.41, 5.74) is 7.11. The van der Waals surface area contributed by atoms with E-state index in [0.29, 0.717) is 0 Å². The standard InChI is InChI=1S/C18H17Br/c1-2-6-13-11-16-15(14-7-4-3-5-8-14)9-10-18(19)17(16)12-13/h3-5,7-10,12H,2,6,11H2,1H3. The Morgan fingerprint density at radius 1 is 1.05 bits per heavy atom. The molecule has 0 saturated heterocycles. The van der Waals surface area contributed by atoms with Crippen LogP contribution >= 0.6 is 15.9 Å². The maximum absolute atomic E-state index is 3.69. The predicted octanol–water partition coefficient (Wildman–Crippen LogP) is 5.86. The molecule has 96 valence electrons. The lowest BCUT2D eigenvalue weighted by molar-refractivity contribution is 0.887. The van der Waals surface area contributed by atoms with Gasteiger partial charge < -0.3 is 0 Å². The zero-order valence-electron chi connectivity index (χ0n) is 11.1. The second kappa shape index (κ2) is 5.34. The minimum absolute atomic E-state index is 1.10. The molecule has 0 heterocycles. The molecular formula is C18H17Br. The summed E-state index contributed by atoms with van der Waals surface area (Å²) in [7, 11) is 0. The summed E-state index contributed by atoms with van der Waals surface area (Å²) in [5, 5.41) is 0. The molecule has 2 aromatic carbocycles. The van der Waals surface area contributed by atoms with E-state index in [1.165, 1.54) is 39.6 Å². The summed E-state index contributed by atoms with van der Waals surface area (Å²) in [6, 6.07) is 15.1. The van der Waals surface area contributed by atoms with Gasteiger partial charge in [0, 0.05) is 4.47 Å². The van der Waals surface area contributed by atoms with Crippen molar-refractivity contribution in [3.63, 3.8) is 0 Å². The van der Waals surface area contributed by atoms with Gasteiger partial charge in [-0.1, -0.05) is 77.3 Å². The second-order valence-corrected chi connectivity index (χ2v) is 5.94. The topological polar surface area (TPSA) is 0 Å². The lowest BCUT2D eigenvalue weighted by Gasteiger charge is -2.10. The molecule has 19 heavy (non-hydrogen) atoms. The molecule has 0 aliphatic heterocycles. The van der Waals surface area contributed by atoms with Crippen LogP contribution in [0.2, 0.25) is 0 Å². The highest BCUT2D eigenvalue weighted by atomic mass is 79.9. The average molecular weight is 313 g/mol. The van der Waals surface area contributed by atoms with Crippen LogP contribution in [0, 0.1) is 0 Å². The van der Waals surface area contributed by atoms with E-state index in [9.17, 15) is 0 Å². The van der Waals surface area contributed by atoms with Crippen LogP contribution in [0.15, 0.2) is 52.5 Å². The molecule has 0 N–H and O–H groups in total. The highest BCUT2D eigenvalue weighted by molar-refractivity contribution is 9.10. The first-order chi connectivity index (χ1) is 9.29. The summed E-state index contributed by atoms with van der Waals surface area (Å²) in [6.07, 6.45) is 5.90. The Hall–Kier alpha value is -1.34. The number of halogens is 1. The van der Waals surface area contributed by atoms with Gasteiger partial charge in [0.2, 0.25) is 0 Å². The van der Waals surface area contributed by atoms with E-state index in [1.54, 1.807) is 5.57 Å². The molecule has 1 heteroatoms. The molecule has 1 aliphatic rings. The van der Waals surface area contributed by atoms with E-state index in [4.69, 9.17) is 0 Å². The van der Waals surface area contributed by atoms with Crippen molar-refractivity contribution in [3.05, 3.63) is 63.6 Å². The molecule has 1 aliphatic carbocycles. The summed E-state index contributed by atoms with van der Waals surface area (Å²) < 4.78 is 1.22. The van der Waals surface area contributed by atoms with Gasteiger partial charge in [-0.05, 0) is 41.2 Å². The van der Waals surface area contributed by atoms with Crippen LogP contribution in [0.3, 0.4) is 0 Å². The Kier molecular flexibility index (Phi) is 3.56. The third-order valence-corrected chi connectivity index (χ3v) is 4.40. The van der Waals surface area contributed by atoms with Crippen LogP contribution in [-0.4, -0.2) is 0 Å². The number of hydrogen-bond acceptors (Lipinski definition) is 0. The number of hydrogen-bond donors (Lipinski definition) is 0. The number of fused-ring (bicyclic) bond motifs is 1. The van der Waals surface area contributed by atoms with Gasteiger partial charge in [-0.25, -0.2) is 0 Å². The monoisotopic (exact) mass is 312 g/mol. The quantitative estimate of drug-likeness (QED) is 0.666. The Morgan fingerprint density at radius 2 is 1.84 bits per heavy atom. The van der Waals surface area contributed by atoms with E-state index >= 15 is 0 Å². The van der Waals surface area contributed by atoms with E-state index in [-0.39, 0.29) is 0 Å². The van der Waals surface area contributed by atoms with E-state index in [2.05, 4.69) is 71.4 Å². The van der Waals surface area contributed by atoms with Gasteiger partial charge in [0.1, 0.15) is 0 Å². The fourth-order valence-corrected chi connectivity index (χ4v) is 3.32. The Labute approximate surface area is 123 Å². The van der Waals surface area contributed by atoms with Crippen molar-refractivity contribution in [1.82, 2.24) is 0 Å². The van der Waals surface area contributed by atoms with E-state index in [1.807, 2.05) is 0 Å². The van der Waals surface area contributed by atoms with Crippen molar-refractivity contribution in [1.29, 1.82) is 0 Å². The first-order valence-corrected chi connectivity index (χ1v) is 7.65. The number of rotatable bonds is 3. The van der Waals surface area contributed by atoms with Crippen molar-refractivity contribution in [2.75, 3.05) is 0 Å². The van der Waals surface area contributed by atoms with Crippen molar-refractivity contribution in [2.45, 2.75) is 26.2 Å². The van der Waals surface area contributed by atoms with Crippen molar-refractivity contribution in [3.8, 4) is 11.1 Å². The second-order valence-electron chi connectivity index (χ2n) is 5.08. The molecule has 0 radical (unpaired) electrons.